The molecule has 1 aromatic carbocycles. The normalized spacial score (nSPS) is 15.5. The Morgan fingerprint density at radius 3 is 2.45 bits per heavy atom. The molecule has 4 heteroatoms. The highest BCUT2D eigenvalue weighted by Crippen LogP contribution is 2.19. The van der Waals surface area contributed by atoms with Gasteiger partial charge in [-0.2, -0.15) is 0 Å². The first kappa shape index (κ1) is 17.0. The SMILES string of the molecule is CCN(Cc1ccc(C(=O)N2CC(COC)C2)cc1)C(C)C. The number of hydrogen-bond donors (Lipinski definition) is 0. The van der Waals surface area contributed by atoms with Crippen molar-refractivity contribution in [2.75, 3.05) is 33.4 Å². The van der Waals surface area contributed by atoms with E-state index < -0.39 is 0 Å². The van der Waals surface area contributed by atoms with Gasteiger partial charge in [-0.3, -0.25) is 9.69 Å². The third kappa shape index (κ3) is 4.08. The predicted molar refractivity (Wildman–Crippen MR) is 88.9 cm³/mol. The molecule has 1 amide bonds. The van der Waals surface area contributed by atoms with E-state index in [1.165, 1.54) is 5.56 Å². The third-order valence-corrected chi connectivity index (χ3v) is 4.37. The monoisotopic (exact) mass is 304 g/mol. The molecule has 0 aromatic heterocycles. The van der Waals surface area contributed by atoms with E-state index in [4.69, 9.17) is 4.74 Å². The molecule has 22 heavy (non-hydrogen) atoms. The number of carbonyl (C=O) groups is 1. The summed E-state index contributed by atoms with van der Waals surface area (Å²) in [7, 11) is 1.71. The number of benzene rings is 1. The number of likely N-dealkylation sites (tertiary alicyclic amines) is 1. The summed E-state index contributed by atoms with van der Waals surface area (Å²) in [6, 6.07) is 8.59. The van der Waals surface area contributed by atoms with Gasteiger partial charge in [0, 0.05) is 44.3 Å². The van der Waals surface area contributed by atoms with Crippen molar-refractivity contribution in [3.63, 3.8) is 0 Å². The molecule has 2 rings (SSSR count). The summed E-state index contributed by atoms with van der Waals surface area (Å²) in [5, 5.41) is 0. The summed E-state index contributed by atoms with van der Waals surface area (Å²) in [6.45, 7) is 10.9. The van der Waals surface area contributed by atoms with E-state index in [0.29, 0.717) is 12.0 Å². The molecule has 0 N–H and O–H groups in total. The Kier molecular flexibility index (Phi) is 5.98. The number of methoxy groups -OCH3 is 1. The fraction of sp³-hybridized carbons (Fsp3) is 0.611. The minimum absolute atomic E-state index is 0.134. The molecule has 1 aliphatic rings. The minimum atomic E-state index is 0.134. The molecule has 0 unspecified atom stereocenters. The maximum absolute atomic E-state index is 12.3. The molecule has 0 radical (unpaired) electrons. The van der Waals surface area contributed by atoms with Gasteiger partial charge in [0.1, 0.15) is 0 Å². The molecule has 0 aliphatic carbocycles. The topological polar surface area (TPSA) is 32.8 Å². The van der Waals surface area contributed by atoms with Crippen molar-refractivity contribution in [1.82, 2.24) is 9.80 Å². The fourth-order valence-corrected chi connectivity index (χ4v) is 2.91. The van der Waals surface area contributed by atoms with Gasteiger partial charge in [0.25, 0.3) is 5.91 Å². The summed E-state index contributed by atoms with van der Waals surface area (Å²) in [5.74, 6) is 0.632. The van der Waals surface area contributed by atoms with Gasteiger partial charge in [0.05, 0.1) is 6.61 Å². The minimum Gasteiger partial charge on any atom is -0.384 e. The highest BCUT2D eigenvalue weighted by molar-refractivity contribution is 5.94. The zero-order chi connectivity index (χ0) is 16.1. The van der Waals surface area contributed by atoms with Crippen molar-refractivity contribution in [2.45, 2.75) is 33.4 Å². The van der Waals surface area contributed by atoms with E-state index in [1.54, 1.807) is 7.11 Å². The van der Waals surface area contributed by atoms with Crippen LogP contribution in [0, 0.1) is 5.92 Å². The summed E-state index contributed by atoms with van der Waals surface area (Å²) in [5.41, 5.74) is 2.04. The zero-order valence-electron chi connectivity index (χ0n) is 14.2. The Hall–Kier alpha value is -1.39. The van der Waals surface area contributed by atoms with Crippen LogP contribution in [-0.4, -0.2) is 55.1 Å². The molecular weight excluding hydrogens is 276 g/mol. The van der Waals surface area contributed by atoms with Gasteiger partial charge < -0.3 is 9.64 Å². The quantitative estimate of drug-likeness (QED) is 0.776. The largest absolute Gasteiger partial charge is 0.384 e. The van der Waals surface area contributed by atoms with E-state index in [-0.39, 0.29) is 5.91 Å². The third-order valence-electron chi connectivity index (χ3n) is 4.37. The van der Waals surface area contributed by atoms with Crippen LogP contribution in [0.4, 0.5) is 0 Å². The van der Waals surface area contributed by atoms with E-state index in [9.17, 15) is 4.79 Å². The average molecular weight is 304 g/mol. The van der Waals surface area contributed by atoms with Crippen LogP contribution in [0.15, 0.2) is 24.3 Å². The van der Waals surface area contributed by atoms with Crippen molar-refractivity contribution in [3.8, 4) is 0 Å². The molecule has 1 heterocycles. The van der Waals surface area contributed by atoms with Crippen LogP contribution >= 0.6 is 0 Å². The molecule has 4 nitrogen and oxygen atoms in total. The second-order valence-electron chi connectivity index (χ2n) is 6.39. The lowest BCUT2D eigenvalue weighted by atomic mass is 9.99. The number of hydrogen-bond acceptors (Lipinski definition) is 3. The summed E-state index contributed by atoms with van der Waals surface area (Å²) >= 11 is 0. The molecule has 1 saturated heterocycles. The lowest BCUT2D eigenvalue weighted by Crippen LogP contribution is -2.51. The highest BCUT2D eigenvalue weighted by Gasteiger charge is 2.30. The first-order valence-corrected chi connectivity index (χ1v) is 8.16. The Morgan fingerprint density at radius 2 is 1.95 bits per heavy atom. The van der Waals surface area contributed by atoms with Gasteiger partial charge in [-0.05, 0) is 38.1 Å². The number of rotatable bonds is 7. The molecule has 1 fully saturated rings. The average Bonchev–Trinajstić information content (AvgIpc) is 2.47. The Labute approximate surface area is 134 Å². The number of ether oxygens (including phenoxy) is 1. The summed E-state index contributed by atoms with van der Waals surface area (Å²) < 4.78 is 5.12. The Bertz CT molecular complexity index is 478. The van der Waals surface area contributed by atoms with Gasteiger partial charge >= 0.3 is 0 Å². The molecule has 0 spiro atoms. The second-order valence-corrected chi connectivity index (χ2v) is 6.39. The van der Waals surface area contributed by atoms with Crippen LogP contribution in [-0.2, 0) is 11.3 Å². The Balaban J connectivity index is 1.90. The van der Waals surface area contributed by atoms with Crippen molar-refractivity contribution >= 4 is 5.91 Å². The van der Waals surface area contributed by atoms with E-state index in [0.717, 1.165) is 38.3 Å². The molecule has 1 aromatic rings. The first-order valence-electron chi connectivity index (χ1n) is 8.16. The van der Waals surface area contributed by atoms with Gasteiger partial charge in [0.15, 0.2) is 0 Å². The van der Waals surface area contributed by atoms with Crippen LogP contribution < -0.4 is 0 Å². The summed E-state index contributed by atoms with van der Waals surface area (Å²) in [6.07, 6.45) is 0. The molecule has 0 bridgehead atoms. The van der Waals surface area contributed by atoms with Gasteiger partial charge in [-0.25, -0.2) is 0 Å². The van der Waals surface area contributed by atoms with Crippen LogP contribution in [0.1, 0.15) is 36.7 Å². The van der Waals surface area contributed by atoms with Crippen LogP contribution in [0.3, 0.4) is 0 Å². The van der Waals surface area contributed by atoms with Gasteiger partial charge in [-0.1, -0.05) is 19.1 Å². The lowest BCUT2D eigenvalue weighted by Gasteiger charge is -2.38. The maximum atomic E-state index is 12.3. The maximum Gasteiger partial charge on any atom is 0.253 e. The lowest BCUT2D eigenvalue weighted by molar-refractivity contribution is 0.0270. The molecule has 1 aliphatic heterocycles. The van der Waals surface area contributed by atoms with Crippen molar-refractivity contribution in [3.05, 3.63) is 35.4 Å². The molecule has 122 valence electrons. The molecule has 0 saturated carbocycles. The zero-order valence-corrected chi connectivity index (χ0v) is 14.2. The van der Waals surface area contributed by atoms with Crippen molar-refractivity contribution in [1.29, 1.82) is 0 Å². The number of nitrogens with zero attached hydrogens (tertiary/aromatic N) is 2. The van der Waals surface area contributed by atoms with E-state index in [1.807, 2.05) is 17.0 Å². The molecular formula is C18H28N2O2. The van der Waals surface area contributed by atoms with Crippen LogP contribution in [0.5, 0.6) is 0 Å². The van der Waals surface area contributed by atoms with Crippen molar-refractivity contribution in [2.24, 2.45) is 5.92 Å². The first-order chi connectivity index (χ1) is 10.5. The number of carbonyl (C=O) groups excluding carboxylic acids is 1. The van der Waals surface area contributed by atoms with Crippen LogP contribution in [0.2, 0.25) is 0 Å². The van der Waals surface area contributed by atoms with E-state index in [2.05, 4.69) is 37.8 Å². The van der Waals surface area contributed by atoms with Gasteiger partial charge in [0.2, 0.25) is 0 Å². The standard InChI is InChI=1S/C18H28N2O2/c1-5-19(14(2)3)10-15-6-8-17(9-7-15)18(21)20-11-16(12-20)13-22-4/h6-9,14,16H,5,10-13H2,1-4H3. The smallest absolute Gasteiger partial charge is 0.253 e. The second kappa shape index (κ2) is 7.75. The highest BCUT2D eigenvalue weighted by atomic mass is 16.5. The Morgan fingerprint density at radius 1 is 1.32 bits per heavy atom. The van der Waals surface area contributed by atoms with E-state index >= 15 is 0 Å². The predicted octanol–water partition coefficient (Wildman–Crippen LogP) is 2.64. The molecule has 0 atom stereocenters. The van der Waals surface area contributed by atoms with Gasteiger partial charge in [-0.15, -0.1) is 0 Å². The van der Waals surface area contributed by atoms with Crippen molar-refractivity contribution < 1.29 is 9.53 Å². The summed E-state index contributed by atoms with van der Waals surface area (Å²) in [4.78, 5) is 16.6. The fourth-order valence-electron chi connectivity index (χ4n) is 2.91. The number of amides is 1. The van der Waals surface area contributed by atoms with Crippen LogP contribution in [0.25, 0.3) is 0 Å².